The summed E-state index contributed by atoms with van der Waals surface area (Å²) in [5.74, 6) is 0.134. The van der Waals surface area contributed by atoms with Gasteiger partial charge in [-0.2, -0.15) is 0 Å². The van der Waals surface area contributed by atoms with Crippen LogP contribution >= 0.6 is 11.6 Å². The van der Waals surface area contributed by atoms with Crippen LogP contribution in [0.4, 0.5) is 0 Å². The maximum Gasteiger partial charge on any atom is 0.326 e. The van der Waals surface area contributed by atoms with Crippen LogP contribution in [0.1, 0.15) is 31.3 Å². The fourth-order valence-electron chi connectivity index (χ4n) is 3.07. The zero-order valence-corrected chi connectivity index (χ0v) is 16.6. The van der Waals surface area contributed by atoms with Crippen molar-refractivity contribution < 1.29 is 14.3 Å². The van der Waals surface area contributed by atoms with Crippen LogP contribution in [0.15, 0.2) is 48.5 Å². The Morgan fingerprint density at radius 2 is 1.89 bits per heavy atom. The molecule has 0 saturated heterocycles. The number of hydrogen-bond donors (Lipinski definition) is 1. The van der Waals surface area contributed by atoms with Crippen LogP contribution in [0, 0.1) is 0 Å². The van der Waals surface area contributed by atoms with E-state index in [-0.39, 0.29) is 30.9 Å². The monoisotopic (exact) mass is 399 g/mol. The second kappa shape index (κ2) is 8.89. The van der Waals surface area contributed by atoms with Gasteiger partial charge in [-0.15, -0.1) is 0 Å². The van der Waals surface area contributed by atoms with E-state index in [1.807, 2.05) is 43.3 Å². The molecule has 0 saturated carbocycles. The fraction of sp³-hybridized carbons (Fsp3) is 0.286. The van der Waals surface area contributed by atoms with E-state index < -0.39 is 0 Å². The average Bonchev–Trinajstić information content (AvgIpc) is 3.02. The molecule has 1 unspecified atom stereocenters. The van der Waals surface area contributed by atoms with Crippen molar-refractivity contribution in [3.05, 3.63) is 64.9 Å². The van der Waals surface area contributed by atoms with Gasteiger partial charge in [-0.3, -0.25) is 9.59 Å². The van der Waals surface area contributed by atoms with Crippen LogP contribution in [0.2, 0.25) is 5.02 Å². The zero-order chi connectivity index (χ0) is 20.1. The number of halogens is 1. The number of aromatic nitrogens is 2. The Labute approximate surface area is 168 Å². The van der Waals surface area contributed by atoms with Crippen molar-refractivity contribution in [2.45, 2.75) is 32.9 Å². The number of hydrogen-bond acceptors (Lipinski definition) is 4. The molecule has 0 fully saturated rings. The Balaban J connectivity index is 1.79. The van der Waals surface area contributed by atoms with Gasteiger partial charge >= 0.3 is 5.97 Å². The van der Waals surface area contributed by atoms with E-state index in [0.717, 1.165) is 16.6 Å². The number of benzene rings is 2. The summed E-state index contributed by atoms with van der Waals surface area (Å²) < 4.78 is 6.88. The highest BCUT2D eigenvalue weighted by Gasteiger charge is 2.20. The van der Waals surface area contributed by atoms with Crippen molar-refractivity contribution in [3.8, 4) is 0 Å². The van der Waals surface area contributed by atoms with Crippen LogP contribution in [0.5, 0.6) is 0 Å². The van der Waals surface area contributed by atoms with E-state index >= 15 is 0 Å². The lowest BCUT2D eigenvalue weighted by Gasteiger charge is -2.16. The quantitative estimate of drug-likeness (QED) is 0.615. The molecule has 1 atom stereocenters. The highest BCUT2D eigenvalue weighted by Crippen LogP contribution is 2.21. The minimum atomic E-state index is -0.373. The van der Waals surface area contributed by atoms with Gasteiger partial charge in [0.2, 0.25) is 5.91 Å². The number of ether oxygens (including phenoxy) is 1. The van der Waals surface area contributed by atoms with Crippen molar-refractivity contribution in [1.29, 1.82) is 0 Å². The summed E-state index contributed by atoms with van der Waals surface area (Å²) in [7, 11) is 0. The maximum atomic E-state index is 12.5. The summed E-state index contributed by atoms with van der Waals surface area (Å²) in [6, 6.07) is 14.3. The standard InChI is InChI=1S/C21H22ClN3O3/c1-3-28-20(27)13-25-18-7-5-4-6-17(18)24-21(25)14(2)23-19(26)12-15-8-10-16(22)11-9-15/h4-11,14H,3,12-13H2,1-2H3,(H,23,26). The van der Waals surface area contributed by atoms with Crippen molar-refractivity contribution in [1.82, 2.24) is 14.9 Å². The molecule has 0 aliphatic heterocycles. The average molecular weight is 400 g/mol. The predicted octanol–water partition coefficient (Wildman–Crippen LogP) is 3.67. The molecule has 0 aliphatic rings. The predicted molar refractivity (Wildman–Crippen MR) is 108 cm³/mol. The van der Waals surface area contributed by atoms with Gasteiger partial charge in [0.15, 0.2) is 0 Å². The van der Waals surface area contributed by atoms with Gasteiger partial charge < -0.3 is 14.6 Å². The van der Waals surface area contributed by atoms with E-state index in [1.54, 1.807) is 23.6 Å². The Kier molecular flexibility index (Phi) is 6.31. The largest absolute Gasteiger partial charge is 0.465 e. The molecule has 0 radical (unpaired) electrons. The third kappa shape index (κ3) is 4.70. The molecule has 28 heavy (non-hydrogen) atoms. The molecule has 1 heterocycles. The number of nitrogens with one attached hydrogen (secondary N) is 1. The Morgan fingerprint density at radius 3 is 2.61 bits per heavy atom. The van der Waals surface area contributed by atoms with Crippen LogP contribution in [0.3, 0.4) is 0 Å². The van der Waals surface area contributed by atoms with Gasteiger partial charge in [0.05, 0.1) is 30.1 Å². The van der Waals surface area contributed by atoms with Crippen molar-refractivity contribution in [3.63, 3.8) is 0 Å². The smallest absolute Gasteiger partial charge is 0.326 e. The first kappa shape index (κ1) is 19.9. The first-order valence-electron chi connectivity index (χ1n) is 9.12. The number of rotatable bonds is 7. The summed E-state index contributed by atoms with van der Waals surface area (Å²) in [5, 5.41) is 3.59. The number of carbonyl (C=O) groups excluding carboxylic acids is 2. The van der Waals surface area contributed by atoms with Gasteiger partial charge in [0.1, 0.15) is 12.4 Å². The van der Waals surface area contributed by atoms with E-state index in [1.165, 1.54) is 0 Å². The molecule has 1 amide bonds. The van der Waals surface area contributed by atoms with Gasteiger partial charge in [-0.25, -0.2) is 4.98 Å². The van der Waals surface area contributed by atoms with E-state index in [4.69, 9.17) is 16.3 Å². The lowest BCUT2D eigenvalue weighted by molar-refractivity contribution is -0.143. The number of amides is 1. The molecule has 7 heteroatoms. The first-order chi connectivity index (χ1) is 13.5. The summed E-state index contributed by atoms with van der Waals surface area (Å²) in [6.07, 6.45) is 0.236. The minimum absolute atomic E-state index is 0.0427. The normalized spacial score (nSPS) is 12.0. The van der Waals surface area contributed by atoms with Crippen LogP contribution in [-0.2, 0) is 27.3 Å². The maximum absolute atomic E-state index is 12.5. The minimum Gasteiger partial charge on any atom is -0.465 e. The number of fused-ring (bicyclic) bond motifs is 1. The fourth-order valence-corrected chi connectivity index (χ4v) is 3.20. The summed E-state index contributed by atoms with van der Waals surface area (Å²) in [4.78, 5) is 29.1. The van der Waals surface area contributed by atoms with Gasteiger partial charge in [-0.05, 0) is 43.7 Å². The number of carbonyl (C=O) groups is 2. The topological polar surface area (TPSA) is 73.2 Å². The number of imidazole rings is 1. The Bertz CT molecular complexity index is 982. The third-order valence-electron chi connectivity index (χ3n) is 4.32. The highest BCUT2D eigenvalue weighted by molar-refractivity contribution is 6.30. The Morgan fingerprint density at radius 1 is 1.18 bits per heavy atom. The van der Waals surface area contributed by atoms with Crippen molar-refractivity contribution in [2.24, 2.45) is 0 Å². The molecule has 3 rings (SSSR count). The van der Waals surface area contributed by atoms with Crippen molar-refractivity contribution in [2.75, 3.05) is 6.61 Å². The molecule has 0 bridgehead atoms. The molecule has 6 nitrogen and oxygen atoms in total. The SMILES string of the molecule is CCOC(=O)Cn1c(C(C)NC(=O)Cc2ccc(Cl)cc2)nc2ccccc21. The lowest BCUT2D eigenvalue weighted by atomic mass is 10.1. The summed E-state index contributed by atoms with van der Waals surface area (Å²) in [6.45, 7) is 3.97. The third-order valence-corrected chi connectivity index (χ3v) is 4.57. The van der Waals surface area contributed by atoms with E-state index in [2.05, 4.69) is 10.3 Å². The van der Waals surface area contributed by atoms with E-state index in [9.17, 15) is 9.59 Å². The highest BCUT2D eigenvalue weighted by atomic mass is 35.5. The second-order valence-corrected chi connectivity index (χ2v) is 6.88. The Hall–Kier alpha value is -2.86. The van der Waals surface area contributed by atoms with Gasteiger partial charge in [0.25, 0.3) is 0 Å². The van der Waals surface area contributed by atoms with Crippen LogP contribution in [-0.4, -0.2) is 28.0 Å². The molecule has 2 aromatic carbocycles. The van der Waals surface area contributed by atoms with Gasteiger partial charge in [-0.1, -0.05) is 35.9 Å². The van der Waals surface area contributed by atoms with Crippen LogP contribution < -0.4 is 5.32 Å². The molecule has 0 spiro atoms. The number of esters is 1. The van der Waals surface area contributed by atoms with Crippen molar-refractivity contribution >= 4 is 34.5 Å². The molecule has 1 aromatic heterocycles. The zero-order valence-electron chi connectivity index (χ0n) is 15.8. The molecule has 3 aromatic rings. The van der Waals surface area contributed by atoms with E-state index in [0.29, 0.717) is 17.5 Å². The summed E-state index contributed by atoms with van der Waals surface area (Å²) >= 11 is 5.88. The second-order valence-electron chi connectivity index (χ2n) is 6.44. The number of nitrogens with zero attached hydrogens (tertiary/aromatic N) is 2. The molecule has 146 valence electrons. The molecule has 0 aliphatic carbocycles. The van der Waals surface area contributed by atoms with Gasteiger partial charge in [0, 0.05) is 5.02 Å². The lowest BCUT2D eigenvalue weighted by Crippen LogP contribution is -2.30. The molecule has 1 N–H and O–H groups in total. The first-order valence-corrected chi connectivity index (χ1v) is 9.50. The number of para-hydroxylation sites is 2. The summed E-state index contributed by atoms with van der Waals surface area (Å²) in [5.41, 5.74) is 2.46. The molecular formula is C21H22ClN3O3. The molecular weight excluding hydrogens is 378 g/mol. The van der Waals surface area contributed by atoms with Crippen LogP contribution in [0.25, 0.3) is 11.0 Å².